The van der Waals surface area contributed by atoms with Gasteiger partial charge >= 0.3 is 0 Å². The molecule has 4 rings (SSSR count). The molecule has 2 fully saturated rings. The molecule has 3 heterocycles. The number of hydrogen-bond acceptors (Lipinski definition) is 5. The van der Waals surface area contributed by atoms with Crippen LogP contribution in [0.2, 0.25) is 5.02 Å². The van der Waals surface area contributed by atoms with Crippen LogP contribution < -0.4 is 4.90 Å². The first-order valence-electron chi connectivity index (χ1n) is 8.86. The third-order valence-corrected chi connectivity index (χ3v) is 5.24. The SMILES string of the molecule is O=C(CN1CCN(c2cnc3cc(Cl)ccc3n2)CC1)N1CCCC1. The summed E-state index contributed by atoms with van der Waals surface area (Å²) in [5.41, 5.74) is 1.67. The Hall–Kier alpha value is -1.92. The standard InChI is InChI=1S/C18H22ClN5O/c19-14-3-4-15-16(11-14)20-12-17(21-15)23-9-7-22(8-10-23)13-18(25)24-5-1-2-6-24/h3-4,11-12H,1-2,5-10,13H2. The molecule has 0 aliphatic carbocycles. The molecule has 2 aliphatic rings. The number of amides is 1. The highest BCUT2D eigenvalue weighted by Gasteiger charge is 2.24. The predicted octanol–water partition coefficient (Wildman–Crippen LogP) is 2.03. The lowest BCUT2D eigenvalue weighted by molar-refractivity contribution is -0.131. The summed E-state index contributed by atoms with van der Waals surface area (Å²) in [6, 6.07) is 5.57. The van der Waals surface area contributed by atoms with Crippen molar-refractivity contribution in [3.8, 4) is 0 Å². The van der Waals surface area contributed by atoms with Crippen LogP contribution in [0.25, 0.3) is 11.0 Å². The number of halogens is 1. The number of carbonyl (C=O) groups is 1. The molecule has 132 valence electrons. The third kappa shape index (κ3) is 3.70. The fourth-order valence-corrected chi connectivity index (χ4v) is 3.69. The molecule has 0 saturated carbocycles. The highest BCUT2D eigenvalue weighted by Crippen LogP contribution is 2.20. The predicted molar refractivity (Wildman–Crippen MR) is 99.0 cm³/mol. The highest BCUT2D eigenvalue weighted by atomic mass is 35.5. The Bertz CT molecular complexity index is 769. The van der Waals surface area contributed by atoms with Crippen molar-refractivity contribution in [2.75, 3.05) is 50.7 Å². The van der Waals surface area contributed by atoms with E-state index in [-0.39, 0.29) is 5.91 Å². The average Bonchev–Trinajstić information content (AvgIpc) is 3.17. The van der Waals surface area contributed by atoms with E-state index in [4.69, 9.17) is 16.6 Å². The fourth-order valence-electron chi connectivity index (χ4n) is 3.52. The van der Waals surface area contributed by atoms with E-state index in [1.165, 1.54) is 0 Å². The first kappa shape index (κ1) is 16.5. The van der Waals surface area contributed by atoms with E-state index in [0.29, 0.717) is 11.6 Å². The van der Waals surface area contributed by atoms with Gasteiger partial charge in [-0.05, 0) is 31.0 Å². The lowest BCUT2D eigenvalue weighted by Gasteiger charge is -2.35. The van der Waals surface area contributed by atoms with Crippen LogP contribution >= 0.6 is 11.6 Å². The maximum atomic E-state index is 12.3. The molecule has 1 aromatic carbocycles. The molecular weight excluding hydrogens is 338 g/mol. The van der Waals surface area contributed by atoms with Crippen LogP contribution in [0.5, 0.6) is 0 Å². The Morgan fingerprint density at radius 1 is 1.04 bits per heavy atom. The molecule has 0 N–H and O–H groups in total. The van der Waals surface area contributed by atoms with Gasteiger partial charge in [-0.15, -0.1) is 0 Å². The summed E-state index contributed by atoms with van der Waals surface area (Å²) < 4.78 is 0. The molecule has 1 aromatic heterocycles. The van der Waals surface area contributed by atoms with Crippen LogP contribution in [0.4, 0.5) is 5.82 Å². The number of anilines is 1. The highest BCUT2D eigenvalue weighted by molar-refractivity contribution is 6.31. The number of aromatic nitrogens is 2. The number of hydrogen-bond donors (Lipinski definition) is 0. The van der Waals surface area contributed by atoms with Crippen LogP contribution in [-0.4, -0.2) is 71.5 Å². The van der Waals surface area contributed by atoms with Crippen molar-refractivity contribution >= 4 is 34.4 Å². The summed E-state index contributed by atoms with van der Waals surface area (Å²) in [5, 5.41) is 0.672. The lowest BCUT2D eigenvalue weighted by atomic mass is 10.3. The Labute approximate surface area is 152 Å². The van der Waals surface area contributed by atoms with E-state index in [9.17, 15) is 4.79 Å². The number of benzene rings is 1. The van der Waals surface area contributed by atoms with Crippen molar-refractivity contribution in [1.29, 1.82) is 0 Å². The molecule has 0 unspecified atom stereocenters. The van der Waals surface area contributed by atoms with Crippen molar-refractivity contribution in [3.05, 3.63) is 29.4 Å². The van der Waals surface area contributed by atoms with Crippen molar-refractivity contribution in [2.24, 2.45) is 0 Å². The minimum absolute atomic E-state index is 0.272. The van der Waals surface area contributed by atoms with Gasteiger partial charge in [0.15, 0.2) is 0 Å². The maximum Gasteiger partial charge on any atom is 0.236 e. The summed E-state index contributed by atoms with van der Waals surface area (Å²) in [7, 11) is 0. The molecule has 6 nitrogen and oxygen atoms in total. The summed E-state index contributed by atoms with van der Waals surface area (Å²) in [4.78, 5) is 27.9. The van der Waals surface area contributed by atoms with Gasteiger partial charge in [0.2, 0.25) is 5.91 Å². The van der Waals surface area contributed by atoms with Gasteiger partial charge in [0.25, 0.3) is 0 Å². The van der Waals surface area contributed by atoms with Crippen molar-refractivity contribution in [3.63, 3.8) is 0 Å². The van der Waals surface area contributed by atoms with Gasteiger partial charge in [0, 0.05) is 44.3 Å². The average molecular weight is 360 g/mol. The lowest BCUT2D eigenvalue weighted by Crippen LogP contribution is -2.50. The first-order valence-corrected chi connectivity index (χ1v) is 9.24. The molecule has 0 radical (unpaired) electrons. The minimum atomic E-state index is 0.272. The van der Waals surface area contributed by atoms with Crippen LogP contribution in [0.1, 0.15) is 12.8 Å². The number of likely N-dealkylation sites (tertiary alicyclic amines) is 1. The van der Waals surface area contributed by atoms with Gasteiger partial charge in [0.05, 0.1) is 23.8 Å². The number of rotatable bonds is 3. The van der Waals surface area contributed by atoms with Gasteiger partial charge in [-0.3, -0.25) is 14.7 Å². The number of nitrogens with zero attached hydrogens (tertiary/aromatic N) is 5. The molecule has 25 heavy (non-hydrogen) atoms. The first-order chi connectivity index (χ1) is 12.2. The molecule has 0 atom stereocenters. The topological polar surface area (TPSA) is 52.6 Å². The number of piperazine rings is 1. The van der Waals surface area contributed by atoms with Gasteiger partial charge in [-0.25, -0.2) is 4.98 Å². The number of fused-ring (bicyclic) bond motifs is 1. The Balaban J connectivity index is 1.36. The van der Waals surface area contributed by atoms with Crippen LogP contribution in [0, 0.1) is 0 Å². The monoisotopic (exact) mass is 359 g/mol. The van der Waals surface area contributed by atoms with E-state index < -0.39 is 0 Å². The van der Waals surface area contributed by atoms with Gasteiger partial charge in [-0.2, -0.15) is 0 Å². The summed E-state index contributed by atoms with van der Waals surface area (Å²) in [5.74, 6) is 1.16. The molecule has 0 bridgehead atoms. The number of carbonyl (C=O) groups excluding carboxylic acids is 1. The quantitative estimate of drug-likeness (QED) is 0.839. The van der Waals surface area contributed by atoms with Crippen molar-refractivity contribution < 1.29 is 4.79 Å². The molecule has 2 saturated heterocycles. The molecular formula is C18H22ClN5O. The van der Waals surface area contributed by atoms with Crippen LogP contribution in [0.3, 0.4) is 0 Å². The Morgan fingerprint density at radius 2 is 1.80 bits per heavy atom. The van der Waals surface area contributed by atoms with Gasteiger partial charge in [0.1, 0.15) is 5.82 Å². The smallest absolute Gasteiger partial charge is 0.236 e. The van der Waals surface area contributed by atoms with Gasteiger partial charge in [-0.1, -0.05) is 11.6 Å². The zero-order valence-electron chi connectivity index (χ0n) is 14.2. The van der Waals surface area contributed by atoms with Crippen molar-refractivity contribution in [1.82, 2.24) is 19.8 Å². The Kier molecular flexibility index (Phi) is 4.72. The van der Waals surface area contributed by atoms with E-state index >= 15 is 0 Å². The second-order valence-corrected chi connectivity index (χ2v) is 7.15. The van der Waals surface area contributed by atoms with E-state index in [1.807, 2.05) is 29.3 Å². The normalized spacial score (nSPS) is 18.9. The second-order valence-electron chi connectivity index (χ2n) is 6.71. The minimum Gasteiger partial charge on any atom is -0.353 e. The van der Waals surface area contributed by atoms with Crippen LogP contribution in [0.15, 0.2) is 24.4 Å². The molecule has 7 heteroatoms. The largest absolute Gasteiger partial charge is 0.353 e. The van der Waals surface area contributed by atoms with E-state index in [1.54, 1.807) is 0 Å². The van der Waals surface area contributed by atoms with Gasteiger partial charge < -0.3 is 9.80 Å². The Morgan fingerprint density at radius 3 is 2.56 bits per heavy atom. The van der Waals surface area contributed by atoms with E-state index in [0.717, 1.165) is 69.0 Å². The zero-order chi connectivity index (χ0) is 17.2. The summed E-state index contributed by atoms with van der Waals surface area (Å²) >= 11 is 6.00. The van der Waals surface area contributed by atoms with Crippen molar-refractivity contribution in [2.45, 2.75) is 12.8 Å². The molecule has 0 spiro atoms. The molecule has 2 aromatic rings. The van der Waals surface area contributed by atoms with Crippen LogP contribution in [-0.2, 0) is 4.79 Å². The maximum absolute atomic E-state index is 12.3. The zero-order valence-corrected chi connectivity index (χ0v) is 15.0. The third-order valence-electron chi connectivity index (χ3n) is 5.01. The molecule has 2 aliphatic heterocycles. The summed E-state index contributed by atoms with van der Waals surface area (Å²) in [6.45, 7) is 5.86. The van der Waals surface area contributed by atoms with E-state index in [2.05, 4.69) is 14.8 Å². The molecule has 1 amide bonds. The fraction of sp³-hybridized carbons (Fsp3) is 0.500. The second kappa shape index (κ2) is 7.14. The summed E-state index contributed by atoms with van der Waals surface area (Å²) in [6.07, 6.45) is 4.10.